The van der Waals surface area contributed by atoms with Gasteiger partial charge in [-0.25, -0.2) is 4.79 Å². The lowest BCUT2D eigenvalue weighted by Gasteiger charge is -2.38. The lowest BCUT2D eigenvalue weighted by Crippen LogP contribution is -2.48. The van der Waals surface area contributed by atoms with Crippen LogP contribution in [0, 0.1) is 11.3 Å². The fourth-order valence-electron chi connectivity index (χ4n) is 3.24. The van der Waals surface area contributed by atoms with Crippen LogP contribution in [0.4, 0.5) is 9.18 Å². The molecule has 0 aromatic heterocycles. The molecule has 4 nitrogen and oxygen atoms in total. The molecule has 25 heavy (non-hydrogen) atoms. The van der Waals surface area contributed by atoms with E-state index < -0.39 is 12.1 Å². The fraction of sp³-hybridized carbons (Fsp3) is 0.579. The van der Waals surface area contributed by atoms with Crippen molar-refractivity contribution in [3.05, 3.63) is 35.9 Å². The molecule has 2 rings (SSSR count). The maximum atomic E-state index is 13.1. The molecule has 0 radical (unpaired) electrons. The van der Waals surface area contributed by atoms with Crippen LogP contribution in [0.15, 0.2) is 30.3 Å². The zero-order valence-corrected chi connectivity index (χ0v) is 16.1. The number of ketones is 1. The first-order valence-corrected chi connectivity index (χ1v) is 9.71. The number of alkyl halides is 2. The molecule has 1 aliphatic carbocycles. The highest BCUT2D eigenvalue weighted by Gasteiger charge is 2.37. The average molecular weight is 414 g/mol. The van der Waals surface area contributed by atoms with Gasteiger partial charge in [0.05, 0.1) is 18.0 Å². The molecule has 0 saturated heterocycles. The summed E-state index contributed by atoms with van der Waals surface area (Å²) < 4.78 is 18.4. The predicted octanol–water partition coefficient (Wildman–Crippen LogP) is 4.41. The predicted molar refractivity (Wildman–Crippen MR) is 98.4 cm³/mol. The molecule has 1 aliphatic rings. The van der Waals surface area contributed by atoms with Gasteiger partial charge in [0, 0.05) is 0 Å². The number of Topliss-reactive ketones (excluding diaryl/α,β-unsaturated/α-hetero) is 1. The smallest absolute Gasteiger partial charge is 0.408 e. The van der Waals surface area contributed by atoms with E-state index in [-0.39, 0.29) is 35.7 Å². The summed E-state index contributed by atoms with van der Waals surface area (Å²) in [6.07, 6.45) is 2.30. The minimum absolute atomic E-state index is 0.0222. The van der Waals surface area contributed by atoms with Crippen LogP contribution in [0.25, 0.3) is 0 Å². The number of nitrogens with one attached hydrogen (secondary N) is 1. The van der Waals surface area contributed by atoms with E-state index in [1.54, 1.807) is 0 Å². The van der Waals surface area contributed by atoms with Gasteiger partial charge in [-0.15, -0.1) is 0 Å². The van der Waals surface area contributed by atoms with Gasteiger partial charge < -0.3 is 10.1 Å². The Kier molecular flexibility index (Phi) is 7.41. The van der Waals surface area contributed by atoms with Crippen LogP contribution < -0.4 is 5.32 Å². The molecule has 1 aromatic rings. The lowest BCUT2D eigenvalue weighted by atomic mass is 9.70. The summed E-state index contributed by atoms with van der Waals surface area (Å²) >= 11 is 3.18. The summed E-state index contributed by atoms with van der Waals surface area (Å²) in [5, 5.41) is 2.89. The molecule has 0 spiro atoms. The van der Waals surface area contributed by atoms with Gasteiger partial charge in [0.1, 0.15) is 6.61 Å². The lowest BCUT2D eigenvalue weighted by molar-refractivity contribution is -0.120. The van der Waals surface area contributed by atoms with Gasteiger partial charge in [-0.1, -0.05) is 53.2 Å². The number of hydrogen-bond donors (Lipinski definition) is 1. The van der Waals surface area contributed by atoms with Gasteiger partial charge in [0.15, 0.2) is 5.78 Å². The van der Waals surface area contributed by atoms with E-state index in [4.69, 9.17) is 4.74 Å². The maximum Gasteiger partial charge on any atom is 0.408 e. The third kappa shape index (κ3) is 5.80. The Balaban J connectivity index is 1.91. The Hall–Kier alpha value is -1.43. The van der Waals surface area contributed by atoms with E-state index in [9.17, 15) is 14.0 Å². The molecule has 1 N–H and O–H groups in total. The van der Waals surface area contributed by atoms with Crippen LogP contribution >= 0.6 is 15.9 Å². The first kappa shape index (κ1) is 19.9. The number of amides is 1. The first-order valence-electron chi connectivity index (χ1n) is 8.59. The van der Waals surface area contributed by atoms with Crippen molar-refractivity contribution < 1.29 is 18.7 Å². The van der Waals surface area contributed by atoms with Crippen LogP contribution in [0.1, 0.15) is 38.2 Å². The van der Waals surface area contributed by atoms with Crippen molar-refractivity contribution in [3.63, 3.8) is 0 Å². The van der Waals surface area contributed by atoms with Gasteiger partial charge in [-0.2, -0.15) is 0 Å². The van der Waals surface area contributed by atoms with Crippen molar-refractivity contribution in [2.45, 2.75) is 45.3 Å². The van der Waals surface area contributed by atoms with E-state index >= 15 is 0 Å². The van der Waals surface area contributed by atoms with Gasteiger partial charge in [-0.3, -0.25) is 9.18 Å². The van der Waals surface area contributed by atoms with E-state index in [2.05, 4.69) is 21.2 Å². The number of carbonyl (C=O) groups excluding carboxylic acids is 2. The maximum absolute atomic E-state index is 13.1. The molecule has 138 valence electrons. The largest absolute Gasteiger partial charge is 0.445 e. The zero-order chi connectivity index (χ0) is 18.3. The summed E-state index contributed by atoms with van der Waals surface area (Å²) in [5.41, 5.74) is 0.587. The third-order valence-electron chi connectivity index (χ3n) is 5.00. The van der Waals surface area contributed by atoms with E-state index in [1.807, 2.05) is 37.3 Å². The third-order valence-corrected chi connectivity index (χ3v) is 5.55. The first-order chi connectivity index (χ1) is 12.0. The minimum atomic E-state index is -0.595. The summed E-state index contributed by atoms with van der Waals surface area (Å²) in [7, 11) is 0. The van der Waals surface area contributed by atoms with Crippen LogP contribution in [0.5, 0.6) is 0 Å². The Morgan fingerprint density at radius 3 is 2.52 bits per heavy atom. The molecule has 0 heterocycles. The van der Waals surface area contributed by atoms with Crippen molar-refractivity contribution in [1.82, 2.24) is 5.32 Å². The number of halogens is 2. The molecule has 0 aliphatic heterocycles. The van der Waals surface area contributed by atoms with Crippen molar-refractivity contribution in [2.75, 3.05) is 12.0 Å². The zero-order valence-electron chi connectivity index (χ0n) is 14.5. The Morgan fingerprint density at radius 2 is 1.96 bits per heavy atom. The van der Waals surface area contributed by atoms with Crippen molar-refractivity contribution in [2.24, 2.45) is 11.3 Å². The Labute approximate surface area is 156 Å². The number of carbonyl (C=O) groups is 2. The Morgan fingerprint density at radius 1 is 1.32 bits per heavy atom. The number of alkyl carbamates (subject to hydrolysis) is 1. The standard InChI is InChI=1S/C19H25BrFNO3/c1-19(13-21)9-7-15(8-10-19)17(16(23)11-20)22-18(24)25-12-14-5-3-2-4-6-14/h2-6,15,17H,7-13H2,1H3,(H,22,24). The summed E-state index contributed by atoms with van der Waals surface area (Å²) in [6, 6.07) is 8.78. The molecule has 1 unspecified atom stereocenters. The summed E-state index contributed by atoms with van der Waals surface area (Å²) in [4.78, 5) is 24.4. The second kappa shape index (κ2) is 9.32. The van der Waals surface area contributed by atoms with Crippen LogP contribution in [-0.4, -0.2) is 29.9 Å². The average Bonchev–Trinajstić information content (AvgIpc) is 2.65. The molecule has 6 heteroatoms. The van der Waals surface area contributed by atoms with Gasteiger partial charge in [-0.05, 0) is 42.6 Å². The van der Waals surface area contributed by atoms with Gasteiger partial charge in [0.2, 0.25) is 0 Å². The quantitative estimate of drug-likeness (QED) is 0.673. The fourth-order valence-corrected chi connectivity index (χ4v) is 3.59. The highest BCUT2D eigenvalue weighted by molar-refractivity contribution is 9.09. The van der Waals surface area contributed by atoms with Crippen molar-refractivity contribution in [3.8, 4) is 0 Å². The SMILES string of the molecule is CC1(CF)CCC(C(NC(=O)OCc2ccccc2)C(=O)CBr)CC1. The number of hydrogen-bond acceptors (Lipinski definition) is 3. The summed E-state index contributed by atoms with van der Waals surface area (Å²) in [5.74, 6) is -0.0561. The second-order valence-corrected chi connectivity index (χ2v) is 7.63. The number of benzene rings is 1. The van der Waals surface area contributed by atoms with Crippen LogP contribution in [-0.2, 0) is 16.1 Å². The second-order valence-electron chi connectivity index (χ2n) is 7.07. The number of ether oxygens (including phenoxy) is 1. The highest BCUT2D eigenvalue weighted by atomic mass is 79.9. The molecule has 1 atom stereocenters. The normalized spacial score (nSPS) is 24.4. The molecule has 1 saturated carbocycles. The van der Waals surface area contributed by atoms with Crippen LogP contribution in [0.2, 0.25) is 0 Å². The van der Waals surface area contributed by atoms with Gasteiger partial charge >= 0.3 is 6.09 Å². The van der Waals surface area contributed by atoms with Crippen LogP contribution in [0.3, 0.4) is 0 Å². The van der Waals surface area contributed by atoms with Gasteiger partial charge in [0.25, 0.3) is 0 Å². The molecule has 1 fully saturated rings. The minimum Gasteiger partial charge on any atom is -0.445 e. The molecular weight excluding hydrogens is 389 g/mol. The number of rotatable bonds is 7. The molecular formula is C19H25BrFNO3. The van der Waals surface area contributed by atoms with Crippen molar-refractivity contribution in [1.29, 1.82) is 0 Å². The highest BCUT2D eigenvalue weighted by Crippen LogP contribution is 2.40. The Bertz CT molecular complexity index is 573. The molecule has 0 bridgehead atoms. The van der Waals surface area contributed by atoms with E-state index in [1.165, 1.54) is 0 Å². The molecule has 1 aromatic carbocycles. The van der Waals surface area contributed by atoms with E-state index in [0.29, 0.717) is 0 Å². The van der Waals surface area contributed by atoms with Crippen molar-refractivity contribution >= 4 is 27.8 Å². The molecule has 1 amide bonds. The van der Waals surface area contributed by atoms with E-state index in [0.717, 1.165) is 31.2 Å². The topological polar surface area (TPSA) is 55.4 Å². The summed E-state index contributed by atoms with van der Waals surface area (Å²) in [6.45, 7) is 1.75. The monoisotopic (exact) mass is 413 g/mol.